The molecule has 0 amide bonds. The molecule has 7 rings (SSSR count). The average molecular weight is 445 g/mol. The van der Waals surface area contributed by atoms with Gasteiger partial charge in [-0.15, -0.1) is 0 Å². The SMILES string of the molecule is c1ccc2c(c1)CC(c1ccc3ccccc3c1)=c1ccccc1=C2c1ccc2ccccc2c1. The molecule has 0 heterocycles. The molecule has 1 aliphatic carbocycles. The number of benzene rings is 6. The molecule has 6 aromatic carbocycles. The Morgan fingerprint density at radius 2 is 0.943 bits per heavy atom. The Hall–Kier alpha value is -4.42. The molecule has 0 spiro atoms. The molecule has 0 fully saturated rings. The third-order valence-corrected chi connectivity index (χ3v) is 7.31. The quantitative estimate of drug-likeness (QED) is 0.270. The van der Waals surface area contributed by atoms with E-state index in [4.69, 9.17) is 0 Å². The first-order valence-corrected chi connectivity index (χ1v) is 12.2. The first-order chi connectivity index (χ1) is 17.3. The molecule has 35 heavy (non-hydrogen) atoms. The summed E-state index contributed by atoms with van der Waals surface area (Å²) in [5.41, 5.74) is 7.96. The number of fused-ring (bicyclic) bond motifs is 4. The van der Waals surface area contributed by atoms with Crippen LogP contribution < -0.4 is 10.4 Å². The van der Waals surface area contributed by atoms with Crippen molar-refractivity contribution < 1.29 is 0 Å². The zero-order chi connectivity index (χ0) is 23.2. The molecular formula is C35H24. The molecule has 0 saturated heterocycles. The van der Waals surface area contributed by atoms with Gasteiger partial charge < -0.3 is 0 Å². The van der Waals surface area contributed by atoms with Gasteiger partial charge in [0.25, 0.3) is 0 Å². The Morgan fingerprint density at radius 1 is 0.400 bits per heavy atom. The van der Waals surface area contributed by atoms with Gasteiger partial charge in [0, 0.05) is 0 Å². The van der Waals surface area contributed by atoms with Gasteiger partial charge in [0.05, 0.1) is 0 Å². The molecule has 0 nitrogen and oxygen atoms in total. The van der Waals surface area contributed by atoms with Crippen molar-refractivity contribution in [1.82, 2.24) is 0 Å². The minimum absolute atomic E-state index is 0.905. The van der Waals surface area contributed by atoms with Crippen molar-refractivity contribution in [2.24, 2.45) is 0 Å². The Balaban J connectivity index is 1.60. The van der Waals surface area contributed by atoms with Crippen LogP contribution in [0.5, 0.6) is 0 Å². The number of rotatable bonds is 2. The van der Waals surface area contributed by atoms with Crippen molar-refractivity contribution in [3.05, 3.63) is 166 Å². The third kappa shape index (κ3) is 3.38. The molecule has 0 aliphatic heterocycles. The van der Waals surface area contributed by atoms with Gasteiger partial charge in [-0.1, -0.05) is 121 Å². The van der Waals surface area contributed by atoms with Crippen LogP contribution >= 0.6 is 0 Å². The van der Waals surface area contributed by atoms with E-state index in [9.17, 15) is 0 Å². The molecule has 0 heteroatoms. The molecule has 0 radical (unpaired) electrons. The Labute approximate surface area is 205 Å². The molecule has 1 aliphatic rings. The van der Waals surface area contributed by atoms with Crippen molar-refractivity contribution in [2.75, 3.05) is 0 Å². The molecule has 0 atom stereocenters. The summed E-state index contributed by atoms with van der Waals surface area (Å²) in [6.07, 6.45) is 0.905. The highest BCUT2D eigenvalue weighted by Crippen LogP contribution is 2.31. The molecule has 164 valence electrons. The average Bonchev–Trinajstić information content (AvgIpc) is 3.07. The van der Waals surface area contributed by atoms with Crippen LogP contribution in [0.1, 0.15) is 22.3 Å². The van der Waals surface area contributed by atoms with E-state index in [0.29, 0.717) is 0 Å². The van der Waals surface area contributed by atoms with E-state index in [1.807, 2.05) is 0 Å². The second kappa shape index (κ2) is 8.11. The largest absolute Gasteiger partial charge is 0.0619 e. The van der Waals surface area contributed by atoms with Gasteiger partial charge in [-0.3, -0.25) is 0 Å². The maximum atomic E-state index is 2.35. The minimum atomic E-state index is 0.905. The summed E-state index contributed by atoms with van der Waals surface area (Å²) in [7, 11) is 0. The van der Waals surface area contributed by atoms with Gasteiger partial charge in [0.2, 0.25) is 0 Å². The van der Waals surface area contributed by atoms with Crippen LogP contribution in [0, 0.1) is 0 Å². The molecule has 0 saturated carbocycles. The monoisotopic (exact) mass is 444 g/mol. The first kappa shape index (κ1) is 20.0. The van der Waals surface area contributed by atoms with E-state index in [1.54, 1.807) is 0 Å². The summed E-state index contributed by atoms with van der Waals surface area (Å²) in [4.78, 5) is 0. The number of hydrogen-bond donors (Lipinski definition) is 0. The van der Waals surface area contributed by atoms with Gasteiger partial charge in [0.1, 0.15) is 0 Å². The molecule has 0 unspecified atom stereocenters. The van der Waals surface area contributed by atoms with Crippen LogP contribution in [0.25, 0.3) is 32.7 Å². The topological polar surface area (TPSA) is 0 Å². The van der Waals surface area contributed by atoms with Gasteiger partial charge in [-0.25, -0.2) is 0 Å². The zero-order valence-corrected chi connectivity index (χ0v) is 19.4. The predicted octanol–water partition coefficient (Wildman–Crippen LogP) is 7.00. The maximum absolute atomic E-state index is 2.35. The summed E-state index contributed by atoms with van der Waals surface area (Å²) in [5, 5.41) is 7.73. The standard InChI is InChI=1S/C35H24/c1-3-11-26-21-29(19-17-24(26)9-1)34-23-28-13-5-6-14-31(28)35(33-16-8-7-15-32(33)34)30-20-18-25-10-2-4-12-27(25)22-30/h1-22H,23H2. The summed E-state index contributed by atoms with van der Waals surface area (Å²) in [6, 6.07) is 48.9. The van der Waals surface area contributed by atoms with E-state index >= 15 is 0 Å². The van der Waals surface area contributed by atoms with E-state index in [-0.39, 0.29) is 0 Å². The van der Waals surface area contributed by atoms with Gasteiger partial charge >= 0.3 is 0 Å². The second-order valence-corrected chi connectivity index (χ2v) is 9.36. The van der Waals surface area contributed by atoms with Crippen molar-refractivity contribution >= 4 is 32.7 Å². The molecule has 0 N–H and O–H groups in total. The van der Waals surface area contributed by atoms with E-state index in [1.165, 1.54) is 65.4 Å². The van der Waals surface area contributed by atoms with Crippen LogP contribution in [-0.4, -0.2) is 0 Å². The van der Waals surface area contributed by atoms with Crippen molar-refractivity contribution in [3.63, 3.8) is 0 Å². The lowest BCUT2D eigenvalue weighted by atomic mass is 9.90. The third-order valence-electron chi connectivity index (χ3n) is 7.31. The molecule has 0 aromatic heterocycles. The lowest BCUT2D eigenvalue weighted by molar-refractivity contribution is 1.26. The highest BCUT2D eigenvalue weighted by Gasteiger charge is 2.18. The van der Waals surface area contributed by atoms with Crippen LogP contribution in [-0.2, 0) is 6.42 Å². The summed E-state index contributed by atoms with van der Waals surface area (Å²) in [6.45, 7) is 0. The molecular weight excluding hydrogens is 420 g/mol. The highest BCUT2D eigenvalue weighted by molar-refractivity contribution is 5.92. The van der Waals surface area contributed by atoms with Gasteiger partial charge in [-0.05, 0) is 83.9 Å². The lowest BCUT2D eigenvalue weighted by Crippen LogP contribution is -2.29. The number of hydrogen-bond acceptors (Lipinski definition) is 0. The van der Waals surface area contributed by atoms with Crippen molar-refractivity contribution in [2.45, 2.75) is 6.42 Å². The van der Waals surface area contributed by atoms with Crippen molar-refractivity contribution in [3.8, 4) is 0 Å². The highest BCUT2D eigenvalue weighted by atomic mass is 14.2. The fourth-order valence-electron chi connectivity index (χ4n) is 5.60. The summed E-state index contributed by atoms with van der Waals surface area (Å²) < 4.78 is 0. The Kier molecular flexibility index (Phi) is 4.63. The summed E-state index contributed by atoms with van der Waals surface area (Å²) in [5.74, 6) is 0. The van der Waals surface area contributed by atoms with Crippen LogP contribution in [0.2, 0.25) is 0 Å². The van der Waals surface area contributed by atoms with Crippen LogP contribution in [0.4, 0.5) is 0 Å². The zero-order valence-electron chi connectivity index (χ0n) is 19.4. The maximum Gasteiger partial charge on any atom is -0.000749 e. The normalized spacial score (nSPS) is 12.9. The minimum Gasteiger partial charge on any atom is -0.0619 e. The van der Waals surface area contributed by atoms with Crippen LogP contribution in [0.15, 0.2) is 133 Å². The fourth-order valence-corrected chi connectivity index (χ4v) is 5.60. The smallest absolute Gasteiger partial charge is 0.000749 e. The van der Waals surface area contributed by atoms with Crippen LogP contribution in [0.3, 0.4) is 0 Å². The lowest BCUT2D eigenvalue weighted by Gasteiger charge is -2.14. The van der Waals surface area contributed by atoms with Gasteiger partial charge in [0.15, 0.2) is 0 Å². The Morgan fingerprint density at radius 3 is 1.69 bits per heavy atom. The predicted molar refractivity (Wildman–Crippen MR) is 148 cm³/mol. The van der Waals surface area contributed by atoms with Gasteiger partial charge in [-0.2, -0.15) is 0 Å². The first-order valence-electron chi connectivity index (χ1n) is 12.2. The summed E-state index contributed by atoms with van der Waals surface area (Å²) >= 11 is 0. The fraction of sp³-hybridized carbons (Fsp3) is 0.0286. The van der Waals surface area contributed by atoms with E-state index in [2.05, 4.69) is 133 Å². The van der Waals surface area contributed by atoms with Crippen molar-refractivity contribution in [1.29, 1.82) is 0 Å². The second-order valence-electron chi connectivity index (χ2n) is 9.36. The molecule has 0 bridgehead atoms. The van der Waals surface area contributed by atoms with E-state index < -0.39 is 0 Å². The molecule has 6 aromatic rings. The Bertz CT molecular complexity index is 1870. The van der Waals surface area contributed by atoms with E-state index in [0.717, 1.165) is 6.42 Å².